The number of carbonyl (C=O) groups excluding carboxylic acids is 2. The Bertz CT molecular complexity index is 435. The van der Waals surface area contributed by atoms with E-state index in [1.165, 1.54) is 4.90 Å². The Morgan fingerprint density at radius 3 is 2.63 bits per heavy atom. The number of nitrogens with two attached hydrogens (primary N) is 1. The monoisotopic (exact) mass is 267 g/mol. The highest BCUT2D eigenvalue weighted by molar-refractivity contribution is 5.86. The highest BCUT2D eigenvalue weighted by Gasteiger charge is 2.34. The quantitative estimate of drug-likeness (QED) is 0.608. The van der Waals surface area contributed by atoms with Crippen LogP contribution in [0.5, 0.6) is 0 Å². The molecule has 1 fully saturated rings. The van der Waals surface area contributed by atoms with E-state index in [0.717, 1.165) is 6.42 Å². The molecule has 3 amide bonds. The van der Waals surface area contributed by atoms with Crippen LogP contribution in [0.15, 0.2) is 12.2 Å². The predicted molar refractivity (Wildman–Crippen MR) is 66.1 cm³/mol. The Hall–Kier alpha value is -2.05. The number of nitrogens with zero attached hydrogens (tertiary/aromatic N) is 1. The minimum atomic E-state index is -0.899. The maximum atomic E-state index is 12.0. The molecule has 0 spiro atoms. The third-order valence-corrected chi connectivity index (χ3v) is 3.55. The van der Waals surface area contributed by atoms with Crippen molar-refractivity contribution in [3.8, 4) is 0 Å². The first-order chi connectivity index (χ1) is 8.99. The van der Waals surface area contributed by atoms with Crippen LogP contribution in [0.2, 0.25) is 0 Å². The predicted octanol–water partition coefficient (Wildman–Crippen LogP) is -0.325. The zero-order valence-electron chi connectivity index (χ0n) is 10.4. The number of nitrogens with one attached hydrogen (secondary N) is 1. The maximum absolute atomic E-state index is 12.0. The molecule has 7 heteroatoms. The Morgan fingerprint density at radius 2 is 2.05 bits per heavy atom. The van der Waals surface area contributed by atoms with Gasteiger partial charge in [0.1, 0.15) is 6.04 Å². The fraction of sp³-hybridized carbons (Fsp3) is 0.583. The van der Waals surface area contributed by atoms with Crippen LogP contribution in [0.1, 0.15) is 19.3 Å². The lowest BCUT2D eigenvalue weighted by molar-refractivity contribution is -0.140. The standard InChI is InChI=1S/C12H17N3O4/c13-10(16)9-2-1-5-15(9)12(19)14-8-4-3-7(6-8)11(17)18/h3-4,7-9H,1-2,5-6H2,(H2,13,16)(H,14,19)(H,17,18). The minimum Gasteiger partial charge on any atom is -0.481 e. The number of carboxylic acid groups (broad SMARTS) is 1. The number of rotatable bonds is 3. The van der Waals surface area contributed by atoms with Crippen molar-refractivity contribution < 1.29 is 19.5 Å². The van der Waals surface area contributed by atoms with Crippen LogP contribution in [0.3, 0.4) is 0 Å². The van der Waals surface area contributed by atoms with Crippen molar-refractivity contribution in [1.29, 1.82) is 0 Å². The van der Waals surface area contributed by atoms with E-state index >= 15 is 0 Å². The van der Waals surface area contributed by atoms with Crippen molar-refractivity contribution in [3.63, 3.8) is 0 Å². The van der Waals surface area contributed by atoms with Crippen molar-refractivity contribution in [2.45, 2.75) is 31.3 Å². The minimum absolute atomic E-state index is 0.303. The third-order valence-electron chi connectivity index (χ3n) is 3.55. The topological polar surface area (TPSA) is 113 Å². The summed E-state index contributed by atoms with van der Waals surface area (Å²) >= 11 is 0. The Labute approximate surface area is 110 Å². The van der Waals surface area contributed by atoms with Gasteiger partial charge < -0.3 is 21.1 Å². The first-order valence-electron chi connectivity index (χ1n) is 6.26. The fourth-order valence-electron chi connectivity index (χ4n) is 2.54. The van der Waals surface area contributed by atoms with Crippen LogP contribution in [0.25, 0.3) is 0 Å². The van der Waals surface area contributed by atoms with Gasteiger partial charge in [0.05, 0.1) is 12.0 Å². The SMILES string of the molecule is NC(=O)C1CCCN1C(=O)NC1C=CC(C(=O)O)C1. The lowest BCUT2D eigenvalue weighted by Gasteiger charge is -2.24. The number of aliphatic carboxylic acids is 1. The van der Waals surface area contributed by atoms with Crippen molar-refractivity contribution in [2.75, 3.05) is 6.54 Å². The average molecular weight is 267 g/mol. The number of amides is 3. The molecule has 1 aliphatic carbocycles. The van der Waals surface area contributed by atoms with E-state index in [4.69, 9.17) is 10.8 Å². The molecule has 2 aliphatic rings. The van der Waals surface area contributed by atoms with E-state index in [-0.39, 0.29) is 12.1 Å². The molecule has 1 saturated heterocycles. The largest absolute Gasteiger partial charge is 0.481 e. The summed E-state index contributed by atoms with van der Waals surface area (Å²) in [5.74, 6) is -1.96. The van der Waals surface area contributed by atoms with Crippen LogP contribution in [0.4, 0.5) is 4.79 Å². The summed E-state index contributed by atoms with van der Waals surface area (Å²) in [7, 11) is 0. The van der Waals surface area contributed by atoms with Gasteiger partial charge in [0.25, 0.3) is 0 Å². The second-order valence-corrected chi connectivity index (χ2v) is 4.88. The summed E-state index contributed by atoms with van der Waals surface area (Å²) in [5, 5.41) is 11.6. The van der Waals surface area contributed by atoms with Gasteiger partial charge in [-0.2, -0.15) is 0 Å². The van der Waals surface area contributed by atoms with Gasteiger partial charge in [-0.3, -0.25) is 9.59 Å². The Kier molecular flexibility index (Phi) is 3.73. The number of hydrogen-bond donors (Lipinski definition) is 3. The molecule has 0 aromatic carbocycles. The number of urea groups is 1. The number of likely N-dealkylation sites (tertiary alicyclic amines) is 1. The molecule has 0 aromatic rings. The number of carbonyl (C=O) groups is 3. The van der Waals surface area contributed by atoms with Crippen molar-refractivity contribution in [3.05, 3.63) is 12.2 Å². The first kappa shape index (κ1) is 13.4. The van der Waals surface area contributed by atoms with E-state index in [9.17, 15) is 14.4 Å². The Morgan fingerprint density at radius 1 is 1.32 bits per heavy atom. The van der Waals surface area contributed by atoms with Gasteiger partial charge in [-0.05, 0) is 19.3 Å². The summed E-state index contributed by atoms with van der Waals surface area (Å²) in [6.45, 7) is 0.498. The second kappa shape index (κ2) is 5.29. The van der Waals surface area contributed by atoms with Crippen LogP contribution < -0.4 is 11.1 Å². The second-order valence-electron chi connectivity index (χ2n) is 4.88. The molecular formula is C12H17N3O4. The van der Waals surface area contributed by atoms with Crippen molar-refractivity contribution in [1.82, 2.24) is 10.2 Å². The molecule has 0 aromatic heterocycles. The molecule has 3 atom stereocenters. The molecule has 104 valence electrons. The van der Waals surface area contributed by atoms with E-state index in [1.807, 2.05) is 0 Å². The van der Waals surface area contributed by atoms with Gasteiger partial charge in [0.15, 0.2) is 0 Å². The van der Waals surface area contributed by atoms with Crippen molar-refractivity contribution >= 4 is 17.9 Å². The van der Waals surface area contributed by atoms with Crippen LogP contribution >= 0.6 is 0 Å². The van der Waals surface area contributed by atoms with E-state index in [0.29, 0.717) is 19.4 Å². The summed E-state index contributed by atoms with van der Waals surface area (Å²) in [5.41, 5.74) is 5.24. The molecular weight excluding hydrogens is 250 g/mol. The van der Waals surface area contributed by atoms with Gasteiger partial charge in [0, 0.05) is 6.54 Å². The summed E-state index contributed by atoms with van der Waals surface area (Å²) in [4.78, 5) is 35.4. The third kappa shape index (κ3) is 2.86. The zero-order valence-corrected chi connectivity index (χ0v) is 10.4. The highest BCUT2D eigenvalue weighted by atomic mass is 16.4. The molecule has 1 aliphatic heterocycles. The number of carboxylic acids is 1. The smallest absolute Gasteiger partial charge is 0.318 e. The normalized spacial score (nSPS) is 29.5. The van der Waals surface area contributed by atoms with Gasteiger partial charge in [-0.1, -0.05) is 12.2 Å². The first-order valence-corrected chi connectivity index (χ1v) is 6.26. The van der Waals surface area contributed by atoms with Crippen molar-refractivity contribution in [2.24, 2.45) is 11.7 Å². The molecule has 0 bridgehead atoms. The fourth-order valence-corrected chi connectivity index (χ4v) is 2.54. The lowest BCUT2D eigenvalue weighted by Crippen LogP contribution is -2.50. The molecule has 7 nitrogen and oxygen atoms in total. The van der Waals surface area contributed by atoms with E-state index in [1.54, 1.807) is 12.2 Å². The summed E-state index contributed by atoms with van der Waals surface area (Å²) < 4.78 is 0. The molecule has 0 saturated carbocycles. The summed E-state index contributed by atoms with van der Waals surface area (Å²) in [6, 6.07) is -1.22. The zero-order chi connectivity index (χ0) is 14.0. The molecule has 3 unspecified atom stereocenters. The average Bonchev–Trinajstić information content (AvgIpc) is 2.96. The van der Waals surface area contributed by atoms with Crippen LogP contribution in [-0.2, 0) is 9.59 Å². The highest BCUT2D eigenvalue weighted by Crippen LogP contribution is 2.20. The van der Waals surface area contributed by atoms with Crippen LogP contribution in [0, 0.1) is 5.92 Å². The molecule has 1 heterocycles. The van der Waals surface area contributed by atoms with E-state index < -0.39 is 23.8 Å². The van der Waals surface area contributed by atoms with Crippen LogP contribution in [-0.4, -0.2) is 46.5 Å². The Balaban J connectivity index is 1.90. The molecule has 19 heavy (non-hydrogen) atoms. The molecule has 0 radical (unpaired) electrons. The molecule has 2 rings (SSSR count). The maximum Gasteiger partial charge on any atom is 0.318 e. The lowest BCUT2D eigenvalue weighted by atomic mass is 10.1. The van der Waals surface area contributed by atoms with Gasteiger partial charge in [0.2, 0.25) is 5.91 Å². The summed E-state index contributed by atoms with van der Waals surface area (Å²) in [6.07, 6.45) is 4.92. The number of hydrogen-bond acceptors (Lipinski definition) is 3. The number of primary amides is 1. The van der Waals surface area contributed by atoms with Gasteiger partial charge in [-0.25, -0.2) is 4.79 Å². The van der Waals surface area contributed by atoms with Gasteiger partial charge in [-0.15, -0.1) is 0 Å². The molecule has 4 N–H and O–H groups in total. The van der Waals surface area contributed by atoms with E-state index in [2.05, 4.69) is 5.32 Å². The van der Waals surface area contributed by atoms with Gasteiger partial charge >= 0.3 is 12.0 Å².